The van der Waals surface area contributed by atoms with E-state index in [1.807, 2.05) is 56.7 Å². The zero-order valence-corrected chi connectivity index (χ0v) is 24.5. The number of carbonyl (C=O) groups is 3. The number of methoxy groups -OCH3 is 1. The molecule has 0 radical (unpaired) electrons. The lowest BCUT2D eigenvalue weighted by Crippen LogP contribution is -2.32. The number of anilines is 1. The summed E-state index contributed by atoms with van der Waals surface area (Å²) >= 11 is 0. The summed E-state index contributed by atoms with van der Waals surface area (Å²) in [4.78, 5) is 32.8. The van der Waals surface area contributed by atoms with Gasteiger partial charge in [-0.25, -0.2) is 9.59 Å². The Kier molecular flexibility index (Phi) is 13.2. The van der Waals surface area contributed by atoms with Crippen LogP contribution in [0.5, 0.6) is 17.2 Å². The van der Waals surface area contributed by atoms with E-state index < -0.39 is 24.3 Å². The summed E-state index contributed by atoms with van der Waals surface area (Å²) in [5.41, 5.74) is 3.49. The van der Waals surface area contributed by atoms with Crippen LogP contribution in [0.2, 0.25) is 0 Å². The number of ether oxygens (including phenoxy) is 3. The number of aliphatic carboxylic acids is 2. The van der Waals surface area contributed by atoms with Crippen molar-refractivity contribution in [2.45, 2.75) is 18.8 Å². The van der Waals surface area contributed by atoms with Crippen LogP contribution in [0.25, 0.3) is 11.1 Å². The van der Waals surface area contributed by atoms with Crippen LogP contribution in [0.4, 0.5) is 32.0 Å². The molecule has 0 saturated heterocycles. The largest absolute Gasteiger partial charge is 0.497 e. The summed E-state index contributed by atoms with van der Waals surface area (Å²) in [6.07, 6.45) is -6.01. The Bertz CT molecular complexity index is 1440. The SMILES string of the molecule is COc1ccc2c(c1)CC(C(=O)Nc1ccc(-c3cn[nH]c3)c(OCCN(C)C)c1)CO2.O=C(O)C(F)(F)F.O=C(O)C(F)(F)F. The number of carbonyl (C=O) groups excluding carboxylic acids is 1. The number of carboxylic acids is 2. The molecule has 1 unspecified atom stereocenters. The quantitative estimate of drug-likeness (QED) is 0.253. The molecular weight excluding hydrogens is 634 g/mol. The van der Waals surface area contributed by atoms with Gasteiger partial charge in [0.05, 0.1) is 19.2 Å². The zero-order valence-electron chi connectivity index (χ0n) is 24.5. The number of nitrogens with zero attached hydrogens (tertiary/aromatic N) is 2. The highest BCUT2D eigenvalue weighted by Gasteiger charge is 2.39. The fourth-order valence-corrected chi connectivity index (χ4v) is 3.60. The van der Waals surface area contributed by atoms with Gasteiger partial charge in [0.2, 0.25) is 5.91 Å². The van der Waals surface area contributed by atoms with Crippen molar-refractivity contribution in [1.82, 2.24) is 15.1 Å². The van der Waals surface area contributed by atoms with Gasteiger partial charge in [-0.2, -0.15) is 31.4 Å². The van der Waals surface area contributed by atoms with Crippen LogP contribution >= 0.6 is 0 Å². The molecule has 1 aliphatic heterocycles. The number of H-pyrrole nitrogens is 1. The molecule has 1 atom stereocenters. The minimum Gasteiger partial charge on any atom is -0.497 e. The average Bonchev–Trinajstić information content (AvgIpc) is 3.51. The minimum atomic E-state index is -5.08. The maximum atomic E-state index is 13.0. The van der Waals surface area contributed by atoms with E-state index in [2.05, 4.69) is 20.4 Å². The van der Waals surface area contributed by atoms with Crippen LogP contribution in [0.1, 0.15) is 5.56 Å². The van der Waals surface area contributed by atoms with E-state index in [1.54, 1.807) is 13.3 Å². The molecule has 0 spiro atoms. The van der Waals surface area contributed by atoms with Crippen molar-refractivity contribution >= 4 is 23.5 Å². The van der Waals surface area contributed by atoms with Crippen molar-refractivity contribution in [3.05, 3.63) is 54.4 Å². The van der Waals surface area contributed by atoms with Gasteiger partial charge in [-0.1, -0.05) is 0 Å². The molecule has 2 aromatic carbocycles. The minimum absolute atomic E-state index is 0.0891. The zero-order chi connectivity index (χ0) is 34.7. The number of hydrogen-bond donors (Lipinski definition) is 4. The number of nitrogens with one attached hydrogen (secondary N) is 2. The van der Waals surface area contributed by atoms with Gasteiger partial charge in [-0.15, -0.1) is 0 Å². The number of alkyl halides is 6. The summed E-state index contributed by atoms with van der Waals surface area (Å²) in [6, 6.07) is 11.3. The van der Waals surface area contributed by atoms with E-state index in [9.17, 15) is 31.1 Å². The predicted molar refractivity (Wildman–Crippen MR) is 150 cm³/mol. The maximum absolute atomic E-state index is 13.0. The van der Waals surface area contributed by atoms with Crippen molar-refractivity contribution < 1.29 is 65.1 Å². The van der Waals surface area contributed by atoms with Gasteiger partial charge >= 0.3 is 24.3 Å². The first kappa shape index (κ1) is 37.2. The molecule has 252 valence electrons. The van der Waals surface area contributed by atoms with Gasteiger partial charge in [-0.05, 0) is 56.4 Å². The first-order chi connectivity index (χ1) is 21.4. The van der Waals surface area contributed by atoms with Crippen LogP contribution in [0.3, 0.4) is 0 Å². The first-order valence-corrected chi connectivity index (χ1v) is 13.0. The highest BCUT2D eigenvalue weighted by atomic mass is 19.4. The molecule has 0 saturated carbocycles. The highest BCUT2D eigenvalue weighted by molar-refractivity contribution is 5.94. The van der Waals surface area contributed by atoms with Crippen LogP contribution in [0, 0.1) is 5.92 Å². The first-order valence-electron chi connectivity index (χ1n) is 13.0. The Morgan fingerprint density at radius 1 is 1.04 bits per heavy atom. The lowest BCUT2D eigenvalue weighted by molar-refractivity contribution is -0.193. The molecule has 0 bridgehead atoms. The third-order valence-corrected chi connectivity index (χ3v) is 5.88. The molecule has 4 rings (SSSR count). The number of amides is 1. The van der Waals surface area contributed by atoms with Crippen LogP contribution < -0.4 is 19.5 Å². The number of carboxylic acid groups (broad SMARTS) is 2. The summed E-state index contributed by atoms with van der Waals surface area (Å²) < 4.78 is 80.6. The fraction of sp³-hybridized carbons (Fsp3) is 0.357. The number of rotatable bonds is 8. The number of hydrogen-bond acceptors (Lipinski definition) is 8. The molecule has 1 amide bonds. The summed E-state index contributed by atoms with van der Waals surface area (Å²) in [7, 11) is 5.62. The van der Waals surface area contributed by atoms with Gasteiger partial charge in [0.1, 0.15) is 30.5 Å². The van der Waals surface area contributed by atoms with Crippen molar-refractivity contribution in [2.75, 3.05) is 46.3 Å². The van der Waals surface area contributed by atoms with E-state index in [0.29, 0.717) is 31.1 Å². The molecule has 1 aliphatic rings. The molecule has 46 heavy (non-hydrogen) atoms. The Hall–Kier alpha value is -5.00. The molecule has 2 heterocycles. The second-order valence-corrected chi connectivity index (χ2v) is 9.63. The Morgan fingerprint density at radius 3 is 2.20 bits per heavy atom. The molecule has 0 aliphatic carbocycles. The maximum Gasteiger partial charge on any atom is 0.490 e. The van der Waals surface area contributed by atoms with Crippen LogP contribution in [0.15, 0.2) is 48.8 Å². The van der Waals surface area contributed by atoms with E-state index in [-0.39, 0.29) is 11.8 Å². The third kappa shape index (κ3) is 11.8. The smallest absolute Gasteiger partial charge is 0.490 e. The topological polar surface area (TPSA) is 163 Å². The van der Waals surface area contributed by atoms with Gasteiger partial charge in [0.25, 0.3) is 0 Å². The Labute approximate surface area is 257 Å². The van der Waals surface area contributed by atoms with Gasteiger partial charge in [0, 0.05) is 35.6 Å². The van der Waals surface area contributed by atoms with Crippen molar-refractivity contribution in [3.63, 3.8) is 0 Å². The number of halogens is 6. The van der Waals surface area contributed by atoms with E-state index in [0.717, 1.165) is 34.7 Å². The highest BCUT2D eigenvalue weighted by Crippen LogP contribution is 2.34. The van der Waals surface area contributed by atoms with Gasteiger partial charge < -0.3 is 34.6 Å². The molecule has 3 aromatic rings. The number of aromatic nitrogens is 2. The predicted octanol–water partition coefficient (Wildman–Crippen LogP) is 4.48. The van der Waals surface area contributed by atoms with Crippen molar-refractivity contribution in [2.24, 2.45) is 5.92 Å². The lowest BCUT2D eigenvalue weighted by atomic mass is 9.95. The fourth-order valence-electron chi connectivity index (χ4n) is 3.60. The second-order valence-electron chi connectivity index (χ2n) is 9.63. The van der Waals surface area contributed by atoms with Crippen molar-refractivity contribution in [3.8, 4) is 28.4 Å². The Morgan fingerprint density at radius 2 is 1.67 bits per heavy atom. The van der Waals surface area contributed by atoms with Gasteiger partial charge in [0.15, 0.2) is 0 Å². The third-order valence-electron chi connectivity index (χ3n) is 5.88. The molecular formula is C28H30F6N4O8. The molecule has 4 N–H and O–H groups in total. The Balaban J connectivity index is 0.000000440. The summed E-state index contributed by atoms with van der Waals surface area (Å²) in [6.45, 7) is 1.65. The molecule has 12 nitrogen and oxygen atoms in total. The summed E-state index contributed by atoms with van der Waals surface area (Å²) in [5.74, 6) is -3.64. The number of fused-ring (bicyclic) bond motifs is 1. The van der Waals surface area contributed by atoms with Crippen LogP contribution in [-0.4, -0.2) is 96.5 Å². The molecule has 1 aromatic heterocycles. The standard InChI is InChI=1S/C24H28N4O4.2C2HF3O2/c1-28(2)8-9-31-23-12-19(4-6-21(23)18-13-25-26-14-18)27-24(29)17-10-16-11-20(30-3)5-7-22(16)32-15-17;2*3-2(4,5)1(6)7/h4-7,11-14,17H,8-10,15H2,1-3H3,(H,25,26)(H,27,29);2*(H,6,7). The summed E-state index contributed by atoms with van der Waals surface area (Å²) in [5, 5.41) is 24.1. The molecule has 18 heteroatoms. The number of benzene rings is 2. The lowest BCUT2D eigenvalue weighted by Gasteiger charge is -2.25. The van der Waals surface area contributed by atoms with E-state index >= 15 is 0 Å². The molecule has 0 fully saturated rings. The number of aromatic amines is 1. The number of likely N-dealkylation sites (N-methyl/N-ethyl adjacent to an activating group) is 1. The van der Waals surface area contributed by atoms with Crippen molar-refractivity contribution in [1.29, 1.82) is 0 Å². The van der Waals surface area contributed by atoms with E-state index in [1.165, 1.54) is 0 Å². The normalized spacial score (nSPS) is 13.9. The van der Waals surface area contributed by atoms with E-state index in [4.69, 9.17) is 34.0 Å². The second kappa shape index (κ2) is 16.4. The van der Waals surface area contributed by atoms with Gasteiger partial charge in [-0.3, -0.25) is 9.89 Å². The monoisotopic (exact) mass is 664 g/mol. The average molecular weight is 665 g/mol. The van der Waals surface area contributed by atoms with Crippen LogP contribution in [-0.2, 0) is 20.8 Å².